The Kier molecular flexibility index (Phi) is 3.88. The lowest BCUT2D eigenvalue weighted by atomic mass is 10.1. The number of fused-ring (bicyclic) bond motifs is 1. The third-order valence-corrected chi connectivity index (χ3v) is 3.93. The second-order valence-corrected chi connectivity index (χ2v) is 5.66. The Balaban J connectivity index is 1.71. The van der Waals surface area contributed by atoms with Gasteiger partial charge in [0.1, 0.15) is 0 Å². The van der Waals surface area contributed by atoms with Crippen LogP contribution in [0.3, 0.4) is 0 Å². The number of nitrogens with two attached hydrogens (primary N) is 1. The minimum atomic E-state index is 0.374. The lowest BCUT2D eigenvalue weighted by Gasteiger charge is -2.27. The van der Waals surface area contributed by atoms with Gasteiger partial charge in [-0.05, 0) is 13.3 Å². The molecular weight excluding hydrogens is 264 g/mol. The van der Waals surface area contributed by atoms with Crippen LogP contribution in [0.1, 0.15) is 35.9 Å². The number of rotatable bonds is 4. The molecule has 21 heavy (non-hydrogen) atoms. The van der Waals surface area contributed by atoms with Crippen molar-refractivity contribution in [2.75, 3.05) is 12.3 Å². The summed E-state index contributed by atoms with van der Waals surface area (Å²) in [6.45, 7) is 8.05. The molecule has 2 N–H and O–H groups in total. The second kappa shape index (κ2) is 5.81. The number of nitrogens with zero attached hydrogens (tertiary/aromatic N) is 5. The zero-order valence-corrected chi connectivity index (χ0v) is 12.7. The van der Waals surface area contributed by atoms with Crippen molar-refractivity contribution in [2.45, 2.75) is 46.3 Å². The topological polar surface area (TPSA) is 72.9 Å². The van der Waals surface area contributed by atoms with Crippen LogP contribution < -0.4 is 5.73 Å². The SMILES string of the molecule is CCCn1cc(CN2CCc3nc(N)ncc3C2)c(C)n1. The van der Waals surface area contributed by atoms with Gasteiger partial charge < -0.3 is 5.73 Å². The summed E-state index contributed by atoms with van der Waals surface area (Å²) in [6.07, 6.45) is 6.08. The molecule has 0 aliphatic carbocycles. The van der Waals surface area contributed by atoms with Gasteiger partial charge in [-0.3, -0.25) is 9.58 Å². The van der Waals surface area contributed by atoms with Crippen LogP contribution in [-0.2, 0) is 26.1 Å². The molecule has 0 aromatic carbocycles. The summed E-state index contributed by atoms with van der Waals surface area (Å²) in [5.74, 6) is 0.374. The molecule has 0 saturated heterocycles. The average molecular weight is 286 g/mol. The van der Waals surface area contributed by atoms with E-state index in [1.807, 2.05) is 10.9 Å². The Bertz CT molecular complexity index is 633. The van der Waals surface area contributed by atoms with Gasteiger partial charge in [-0.15, -0.1) is 0 Å². The van der Waals surface area contributed by atoms with Gasteiger partial charge in [0, 0.05) is 56.1 Å². The number of anilines is 1. The zero-order valence-electron chi connectivity index (χ0n) is 12.7. The van der Waals surface area contributed by atoms with Crippen LogP contribution in [0.25, 0.3) is 0 Å². The summed E-state index contributed by atoms with van der Waals surface area (Å²) in [7, 11) is 0. The van der Waals surface area contributed by atoms with Crippen molar-refractivity contribution in [1.29, 1.82) is 0 Å². The molecule has 1 aliphatic heterocycles. The van der Waals surface area contributed by atoms with Gasteiger partial charge in [0.25, 0.3) is 0 Å². The molecule has 0 fully saturated rings. The molecule has 0 saturated carbocycles. The third kappa shape index (κ3) is 3.05. The van der Waals surface area contributed by atoms with Gasteiger partial charge in [0.2, 0.25) is 5.95 Å². The van der Waals surface area contributed by atoms with Gasteiger partial charge in [-0.1, -0.05) is 6.92 Å². The Morgan fingerprint density at radius 1 is 1.38 bits per heavy atom. The maximum absolute atomic E-state index is 5.64. The number of aromatic nitrogens is 4. The molecule has 0 bridgehead atoms. The van der Waals surface area contributed by atoms with Crippen LogP contribution in [0.15, 0.2) is 12.4 Å². The predicted molar refractivity (Wildman–Crippen MR) is 81.5 cm³/mol. The van der Waals surface area contributed by atoms with Crippen LogP contribution in [0.2, 0.25) is 0 Å². The molecule has 0 unspecified atom stereocenters. The molecule has 6 nitrogen and oxygen atoms in total. The van der Waals surface area contributed by atoms with Gasteiger partial charge >= 0.3 is 0 Å². The first-order valence-electron chi connectivity index (χ1n) is 7.51. The summed E-state index contributed by atoms with van der Waals surface area (Å²) in [5.41, 5.74) is 10.4. The van der Waals surface area contributed by atoms with E-state index in [-0.39, 0.29) is 0 Å². The van der Waals surface area contributed by atoms with Gasteiger partial charge in [-0.25, -0.2) is 9.97 Å². The molecule has 1 aliphatic rings. The zero-order chi connectivity index (χ0) is 14.8. The maximum Gasteiger partial charge on any atom is 0.220 e. The highest BCUT2D eigenvalue weighted by Crippen LogP contribution is 2.20. The molecule has 0 radical (unpaired) electrons. The van der Waals surface area contributed by atoms with E-state index in [9.17, 15) is 0 Å². The number of aryl methyl sites for hydroxylation is 2. The van der Waals surface area contributed by atoms with E-state index in [1.165, 1.54) is 11.1 Å². The molecule has 3 rings (SSSR count). The first-order valence-corrected chi connectivity index (χ1v) is 7.51. The van der Waals surface area contributed by atoms with Crippen LogP contribution in [-0.4, -0.2) is 31.2 Å². The molecule has 0 amide bonds. The van der Waals surface area contributed by atoms with E-state index in [1.54, 1.807) is 0 Å². The van der Waals surface area contributed by atoms with E-state index in [0.29, 0.717) is 5.95 Å². The average Bonchev–Trinajstić information content (AvgIpc) is 2.79. The van der Waals surface area contributed by atoms with Crippen molar-refractivity contribution in [1.82, 2.24) is 24.6 Å². The smallest absolute Gasteiger partial charge is 0.220 e. The fraction of sp³-hybridized carbons (Fsp3) is 0.533. The monoisotopic (exact) mass is 286 g/mol. The fourth-order valence-electron chi connectivity index (χ4n) is 2.82. The van der Waals surface area contributed by atoms with Crippen molar-refractivity contribution in [3.05, 3.63) is 34.9 Å². The fourth-order valence-corrected chi connectivity index (χ4v) is 2.82. The van der Waals surface area contributed by atoms with Gasteiger partial charge in [-0.2, -0.15) is 5.10 Å². The summed E-state index contributed by atoms with van der Waals surface area (Å²) >= 11 is 0. The third-order valence-electron chi connectivity index (χ3n) is 3.93. The Morgan fingerprint density at radius 2 is 2.24 bits per heavy atom. The van der Waals surface area contributed by atoms with Crippen LogP contribution >= 0.6 is 0 Å². The first-order chi connectivity index (χ1) is 10.2. The number of hydrogen-bond acceptors (Lipinski definition) is 5. The van der Waals surface area contributed by atoms with Gasteiger partial charge in [0.15, 0.2) is 0 Å². The highest BCUT2D eigenvalue weighted by molar-refractivity contribution is 5.27. The molecule has 0 spiro atoms. The number of nitrogen functional groups attached to an aromatic ring is 1. The molecule has 6 heteroatoms. The Hall–Kier alpha value is -1.95. The first kappa shape index (κ1) is 14.0. The lowest BCUT2D eigenvalue weighted by Crippen LogP contribution is -2.31. The van der Waals surface area contributed by atoms with E-state index >= 15 is 0 Å². The van der Waals surface area contributed by atoms with Crippen molar-refractivity contribution in [3.8, 4) is 0 Å². The van der Waals surface area contributed by atoms with Crippen molar-refractivity contribution in [3.63, 3.8) is 0 Å². The van der Waals surface area contributed by atoms with Crippen molar-refractivity contribution < 1.29 is 0 Å². The van der Waals surface area contributed by atoms with Crippen LogP contribution in [0.5, 0.6) is 0 Å². The predicted octanol–water partition coefficient (Wildman–Crippen LogP) is 1.53. The summed E-state index contributed by atoms with van der Waals surface area (Å²) in [5, 5.41) is 4.57. The highest BCUT2D eigenvalue weighted by atomic mass is 15.3. The Labute approximate surface area is 125 Å². The molecule has 2 aromatic heterocycles. The van der Waals surface area contributed by atoms with Crippen molar-refractivity contribution >= 4 is 5.95 Å². The van der Waals surface area contributed by atoms with E-state index < -0.39 is 0 Å². The molecule has 0 atom stereocenters. The molecule has 2 aromatic rings. The van der Waals surface area contributed by atoms with E-state index in [0.717, 1.165) is 50.4 Å². The quantitative estimate of drug-likeness (QED) is 0.922. The van der Waals surface area contributed by atoms with Crippen molar-refractivity contribution in [2.24, 2.45) is 0 Å². The summed E-state index contributed by atoms with van der Waals surface area (Å²) < 4.78 is 2.05. The minimum absolute atomic E-state index is 0.374. The standard InChI is InChI=1S/C15H22N6/c1-3-5-21-10-13(11(2)19-21)9-20-6-4-14-12(8-20)7-17-15(16)18-14/h7,10H,3-6,8-9H2,1-2H3,(H2,16,17,18). The Morgan fingerprint density at radius 3 is 3.05 bits per heavy atom. The van der Waals surface area contributed by atoms with E-state index in [2.05, 4.69) is 40.0 Å². The second-order valence-electron chi connectivity index (χ2n) is 5.66. The van der Waals surface area contributed by atoms with E-state index in [4.69, 9.17) is 5.73 Å². The normalized spacial score (nSPS) is 15.1. The molecule has 3 heterocycles. The minimum Gasteiger partial charge on any atom is -0.368 e. The van der Waals surface area contributed by atoms with Crippen LogP contribution in [0, 0.1) is 6.92 Å². The number of hydrogen-bond donors (Lipinski definition) is 1. The van der Waals surface area contributed by atoms with Crippen LogP contribution in [0.4, 0.5) is 5.95 Å². The largest absolute Gasteiger partial charge is 0.368 e. The summed E-state index contributed by atoms with van der Waals surface area (Å²) in [6, 6.07) is 0. The highest BCUT2D eigenvalue weighted by Gasteiger charge is 2.19. The summed E-state index contributed by atoms with van der Waals surface area (Å²) in [4.78, 5) is 10.8. The maximum atomic E-state index is 5.64. The lowest BCUT2D eigenvalue weighted by molar-refractivity contribution is 0.242. The van der Waals surface area contributed by atoms with Gasteiger partial charge in [0.05, 0.1) is 11.4 Å². The molecular formula is C15H22N6. The molecule has 112 valence electrons.